The van der Waals surface area contributed by atoms with Gasteiger partial charge in [0.05, 0.1) is 0 Å². The number of benzene rings is 2. The molecule has 2 aromatic carbocycles. The van der Waals surface area contributed by atoms with Crippen LogP contribution in [0.2, 0.25) is 0 Å². The minimum atomic E-state index is 0.145. The highest BCUT2D eigenvalue weighted by Crippen LogP contribution is 2.22. The number of nitrogens with one attached hydrogen (secondary N) is 1. The van der Waals surface area contributed by atoms with Gasteiger partial charge < -0.3 is 5.32 Å². The molecule has 102 valence electrons. The fourth-order valence-corrected chi connectivity index (χ4v) is 2.77. The van der Waals surface area contributed by atoms with Crippen LogP contribution in [0.15, 0.2) is 54.6 Å². The van der Waals surface area contributed by atoms with Gasteiger partial charge in [0.2, 0.25) is 0 Å². The van der Waals surface area contributed by atoms with E-state index in [2.05, 4.69) is 17.4 Å². The zero-order valence-electron chi connectivity index (χ0n) is 11.5. The Morgan fingerprint density at radius 2 is 1.65 bits per heavy atom. The molecule has 1 saturated heterocycles. The van der Waals surface area contributed by atoms with E-state index in [1.807, 2.05) is 42.5 Å². The highest BCUT2D eigenvalue weighted by Gasteiger charge is 2.21. The van der Waals surface area contributed by atoms with Gasteiger partial charge in [0.1, 0.15) is 0 Å². The Morgan fingerprint density at radius 3 is 2.30 bits per heavy atom. The van der Waals surface area contributed by atoms with E-state index in [0.717, 1.165) is 37.1 Å². The van der Waals surface area contributed by atoms with Crippen molar-refractivity contribution >= 4 is 5.78 Å². The first-order valence-electron chi connectivity index (χ1n) is 7.25. The first-order chi connectivity index (χ1) is 9.84. The van der Waals surface area contributed by atoms with Gasteiger partial charge in [-0.05, 0) is 30.5 Å². The Labute approximate surface area is 119 Å². The molecule has 1 atom stereocenters. The van der Waals surface area contributed by atoms with E-state index in [1.165, 1.54) is 5.56 Å². The maximum atomic E-state index is 12.4. The molecule has 1 heterocycles. The monoisotopic (exact) mass is 265 g/mol. The minimum absolute atomic E-state index is 0.145. The average Bonchev–Trinajstić information content (AvgIpc) is 2.56. The SMILES string of the molecule is O=C(c1ccc(-c2ccccc2)cc1)[C@@H]1CCCNC1. The number of hydrogen-bond donors (Lipinski definition) is 1. The molecular weight excluding hydrogens is 246 g/mol. The smallest absolute Gasteiger partial charge is 0.167 e. The normalized spacial score (nSPS) is 18.7. The van der Waals surface area contributed by atoms with Gasteiger partial charge in [-0.2, -0.15) is 0 Å². The number of rotatable bonds is 3. The Hall–Kier alpha value is -1.93. The van der Waals surface area contributed by atoms with Crippen LogP contribution in [0.5, 0.6) is 0 Å². The zero-order valence-corrected chi connectivity index (χ0v) is 11.5. The molecular formula is C18H19NO. The summed E-state index contributed by atoms with van der Waals surface area (Å²) in [5.74, 6) is 0.420. The minimum Gasteiger partial charge on any atom is -0.316 e. The van der Waals surface area contributed by atoms with Crippen molar-refractivity contribution in [1.82, 2.24) is 5.32 Å². The quantitative estimate of drug-likeness (QED) is 0.860. The van der Waals surface area contributed by atoms with E-state index in [0.29, 0.717) is 0 Å². The van der Waals surface area contributed by atoms with Crippen LogP contribution in [0.4, 0.5) is 0 Å². The Balaban J connectivity index is 1.77. The van der Waals surface area contributed by atoms with Crippen molar-refractivity contribution in [3.05, 3.63) is 60.2 Å². The third kappa shape index (κ3) is 2.81. The van der Waals surface area contributed by atoms with Crippen molar-refractivity contribution in [3.8, 4) is 11.1 Å². The van der Waals surface area contributed by atoms with E-state index >= 15 is 0 Å². The van der Waals surface area contributed by atoms with Crippen LogP contribution >= 0.6 is 0 Å². The molecule has 0 amide bonds. The van der Waals surface area contributed by atoms with Crippen LogP contribution in [-0.2, 0) is 0 Å². The van der Waals surface area contributed by atoms with E-state index < -0.39 is 0 Å². The van der Waals surface area contributed by atoms with Crippen LogP contribution < -0.4 is 5.32 Å². The first-order valence-corrected chi connectivity index (χ1v) is 7.25. The van der Waals surface area contributed by atoms with Gasteiger partial charge in [0.15, 0.2) is 5.78 Å². The molecule has 0 spiro atoms. The van der Waals surface area contributed by atoms with Crippen molar-refractivity contribution in [3.63, 3.8) is 0 Å². The molecule has 1 fully saturated rings. The molecule has 0 bridgehead atoms. The fourth-order valence-electron chi connectivity index (χ4n) is 2.77. The molecule has 2 heteroatoms. The number of ketones is 1. The lowest BCUT2D eigenvalue weighted by molar-refractivity contribution is 0.0899. The Bertz CT molecular complexity index is 568. The largest absolute Gasteiger partial charge is 0.316 e. The maximum absolute atomic E-state index is 12.4. The van der Waals surface area contributed by atoms with Gasteiger partial charge >= 0.3 is 0 Å². The third-order valence-corrected chi connectivity index (χ3v) is 3.94. The van der Waals surface area contributed by atoms with Crippen LogP contribution in [-0.4, -0.2) is 18.9 Å². The molecule has 20 heavy (non-hydrogen) atoms. The molecule has 1 N–H and O–H groups in total. The average molecular weight is 265 g/mol. The van der Waals surface area contributed by atoms with Crippen molar-refractivity contribution < 1.29 is 4.79 Å². The second kappa shape index (κ2) is 6.02. The predicted molar refractivity (Wildman–Crippen MR) is 81.8 cm³/mol. The molecule has 0 unspecified atom stereocenters. The number of piperidine rings is 1. The van der Waals surface area contributed by atoms with Gasteiger partial charge in [-0.1, -0.05) is 54.6 Å². The highest BCUT2D eigenvalue weighted by molar-refractivity contribution is 5.98. The summed E-state index contributed by atoms with van der Waals surface area (Å²) in [7, 11) is 0. The van der Waals surface area contributed by atoms with Crippen molar-refractivity contribution in [1.29, 1.82) is 0 Å². The number of carbonyl (C=O) groups is 1. The molecule has 1 aliphatic rings. The second-order valence-corrected chi connectivity index (χ2v) is 5.35. The van der Waals surface area contributed by atoms with Gasteiger partial charge in [-0.3, -0.25) is 4.79 Å². The third-order valence-electron chi connectivity index (χ3n) is 3.94. The molecule has 1 aliphatic heterocycles. The van der Waals surface area contributed by atoms with Crippen molar-refractivity contribution in [2.45, 2.75) is 12.8 Å². The van der Waals surface area contributed by atoms with Crippen LogP contribution in [0, 0.1) is 5.92 Å². The molecule has 0 aromatic heterocycles. The summed E-state index contributed by atoms with van der Waals surface area (Å²) in [6.45, 7) is 1.86. The first kappa shape index (κ1) is 13.1. The van der Waals surface area contributed by atoms with Gasteiger partial charge in [0, 0.05) is 18.0 Å². The van der Waals surface area contributed by atoms with Gasteiger partial charge in [0.25, 0.3) is 0 Å². The maximum Gasteiger partial charge on any atom is 0.167 e. The summed E-state index contributed by atoms with van der Waals surface area (Å²) in [5, 5.41) is 3.30. The number of hydrogen-bond acceptors (Lipinski definition) is 2. The van der Waals surface area contributed by atoms with Crippen LogP contribution in [0.25, 0.3) is 11.1 Å². The molecule has 2 aromatic rings. The summed E-state index contributed by atoms with van der Waals surface area (Å²) in [4.78, 5) is 12.4. The lowest BCUT2D eigenvalue weighted by atomic mass is 9.90. The fraction of sp³-hybridized carbons (Fsp3) is 0.278. The van der Waals surface area contributed by atoms with Crippen LogP contribution in [0.3, 0.4) is 0 Å². The Morgan fingerprint density at radius 1 is 0.950 bits per heavy atom. The summed E-state index contributed by atoms with van der Waals surface area (Å²) >= 11 is 0. The summed E-state index contributed by atoms with van der Waals surface area (Å²) in [6.07, 6.45) is 2.10. The van der Waals surface area contributed by atoms with E-state index in [9.17, 15) is 4.79 Å². The standard InChI is InChI=1S/C18H19NO/c20-18(17-7-4-12-19-13-17)16-10-8-15(9-11-16)14-5-2-1-3-6-14/h1-3,5-6,8-11,17,19H,4,7,12-13H2/t17-/m1/s1. The van der Waals surface area contributed by atoms with E-state index in [-0.39, 0.29) is 11.7 Å². The lowest BCUT2D eigenvalue weighted by Crippen LogP contribution is -2.34. The topological polar surface area (TPSA) is 29.1 Å². The summed E-state index contributed by atoms with van der Waals surface area (Å²) in [5.41, 5.74) is 3.17. The Kier molecular flexibility index (Phi) is 3.93. The summed E-state index contributed by atoms with van der Waals surface area (Å²) in [6, 6.07) is 18.2. The summed E-state index contributed by atoms with van der Waals surface area (Å²) < 4.78 is 0. The van der Waals surface area contributed by atoms with Gasteiger partial charge in [-0.25, -0.2) is 0 Å². The molecule has 0 radical (unpaired) electrons. The number of Topliss-reactive ketones (excluding diaryl/α,β-unsaturated/α-hetero) is 1. The predicted octanol–water partition coefficient (Wildman–Crippen LogP) is 3.54. The molecule has 2 nitrogen and oxygen atoms in total. The highest BCUT2D eigenvalue weighted by atomic mass is 16.1. The molecule has 0 aliphatic carbocycles. The second-order valence-electron chi connectivity index (χ2n) is 5.35. The zero-order chi connectivity index (χ0) is 13.8. The molecule has 0 saturated carbocycles. The lowest BCUT2D eigenvalue weighted by Gasteiger charge is -2.21. The van der Waals surface area contributed by atoms with Crippen LogP contribution in [0.1, 0.15) is 23.2 Å². The van der Waals surface area contributed by atoms with Crippen molar-refractivity contribution in [2.75, 3.05) is 13.1 Å². The van der Waals surface area contributed by atoms with E-state index in [1.54, 1.807) is 0 Å². The number of carbonyl (C=O) groups excluding carboxylic acids is 1. The van der Waals surface area contributed by atoms with Gasteiger partial charge in [-0.15, -0.1) is 0 Å². The van der Waals surface area contributed by atoms with E-state index in [4.69, 9.17) is 0 Å². The van der Waals surface area contributed by atoms with Crippen molar-refractivity contribution in [2.24, 2.45) is 5.92 Å². The molecule has 3 rings (SSSR count).